The Morgan fingerprint density at radius 3 is 2.18 bits per heavy atom. The molecule has 6 heteroatoms. The summed E-state index contributed by atoms with van der Waals surface area (Å²) in [6, 6.07) is 17.8. The lowest BCUT2D eigenvalue weighted by Crippen LogP contribution is -2.45. The maximum atomic E-state index is 13.2. The quantitative estimate of drug-likeness (QED) is 0.694. The topological polar surface area (TPSA) is 63.7 Å². The fourth-order valence-corrected chi connectivity index (χ4v) is 5.89. The van der Waals surface area contributed by atoms with Gasteiger partial charge in [0.1, 0.15) is 6.04 Å². The number of benzene rings is 2. The zero-order chi connectivity index (χ0) is 20.3. The van der Waals surface area contributed by atoms with Gasteiger partial charge in [0.05, 0.1) is 17.3 Å². The third-order valence-corrected chi connectivity index (χ3v) is 8.13. The van der Waals surface area contributed by atoms with Crippen LogP contribution in [0.4, 0.5) is 0 Å². The standard InChI is InChI=1S/C22H27NO4S/c1-16(18-10-6-4-7-11-18)23-15-14-20(21(23)22(24)27-3)17(2)28(25,26)19-12-8-5-9-13-19/h4-13,16-17,20-21H,14-15H2,1-3H3/t16-,17?,20-,21-/m1/s1. The van der Waals surface area contributed by atoms with E-state index in [-0.39, 0.29) is 17.9 Å². The fourth-order valence-electron chi connectivity index (χ4n) is 4.18. The number of methoxy groups -OCH3 is 1. The van der Waals surface area contributed by atoms with Crippen molar-refractivity contribution in [3.63, 3.8) is 0 Å². The highest BCUT2D eigenvalue weighted by Gasteiger charge is 2.48. The average molecular weight is 402 g/mol. The van der Waals surface area contributed by atoms with E-state index in [1.54, 1.807) is 37.3 Å². The first-order chi connectivity index (χ1) is 13.4. The van der Waals surface area contributed by atoms with Crippen LogP contribution in [0, 0.1) is 5.92 Å². The smallest absolute Gasteiger partial charge is 0.323 e. The lowest BCUT2D eigenvalue weighted by molar-refractivity contribution is -0.148. The molecule has 1 aliphatic rings. The van der Waals surface area contributed by atoms with Crippen molar-refractivity contribution in [1.82, 2.24) is 4.90 Å². The van der Waals surface area contributed by atoms with E-state index >= 15 is 0 Å². The monoisotopic (exact) mass is 401 g/mol. The van der Waals surface area contributed by atoms with Crippen LogP contribution in [0.1, 0.15) is 31.9 Å². The van der Waals surface area contributed by atoms with Crippen molar-refractivity contribution in [3.8, 4) is 0 Å². The molecule has 0 spiro atoms. The number of hydrogen-bond donors (Lipinski definition) is 0. The van der Waals surface area contributed by atoms with E-state index in [1.807, 2.05) is 37.3 Å². The van der Waals surface area contributed by atoms with Crippen LogP contribution in [-0.2, 0) is 19.4 Å². The van der Waals surface area contributed by atoms with E-state index in [4.69, 9.17) is 4.74 Å². The van der Waals surface area contributed by atoms with Gasteiger partial charge in [-0.2, -0.15) is 0 Å². The molecule has 2 aromatic rings. The zero-order valence-corrected chi connectivity index (χ0v) is 17.3. The number of esters is 1. The van der Waals surface area contributed by atoms with Gasteiger partial charge in [-0.25, -0.2) is 8.42 Å². The summed E-state index contributed by atoms with van der Waals surface area (Å²) in [5.41, 5.74) is 1.09. The molecule has 1 heterocycles. The van der Waals surface area contributed by atoms with E-state index in [0.29, 0.717) is 17.9 Å². The Hall–Kier alpha value is -2.18. The predicted molar refractivity (Wildman–Crippen MR) is 109 cm³/mol. The molecule has 0 saturated carbocycles. The van der Waals surface area contributed by atoms with E-state index < -0.39 is 21.1 Å². The van der Waals surface area contributed by atoms with Crippen molar-refractivity contribution in [1.29, 1.82) is 0 Å². The lowest BCUT2D eigenvalue weighted by Gasteiger charge is -2.33. The van der Waals surface area contributed by atoms with Gasteiger partial charge in [0.15, 0.2) is 9.84 Å². The molecule has 1 saturated heterocycles. The predicted octanol–water partition coefficient (Wildman–Crippen LogP) is 3.47. The van der Waals surface area contributed by atoms with Crippen LogP contribution < -0.4 is 0 Å². The number of ether oxygens (including phenoxy) is 1. The third-order valence-electron chi connectivity index (χ3n) is 5.87. The number of carbonyl (C=O) groups excluding carboxylic acids is 1. The van der Waals surface area contributed by atoms with Crippen molar-refractivity contribution in [2.45, 2.75) is 42.5 Å². The molecule has 0 N–H and O–H groups in total. The summed E-state index contributed by atoms with van der Waals surface area (Å²) >= 11 is 0. The summed E-state index contributed by atoms with van der Waals surface area (Å²) in [4.78, 5) is 15.0. The largest absolute Gasteiger partial charge is 0.468 e. The van der Waals surface area contributed by atoms with Crippen LogP contribution in [0.25, 0.3) is 0 Å². The summed E-state index contributed by atoms with van der Waals surface area (Å²) in [6.07, 6.45) is 0.629. The molecule has 2 aromatic carbocycles. The van der Waals surface area contributed by atoms with Crippen molar-refractivity contribution in [2.75, 3.05) is 13.7 Å². The Morgan fingerprint density at radius 1 is 1.04 bits per heavy atom. The van der Waals surface area contributed by atoms with Crippen molar-refractivity contribution in [3.05, 3.63) is 66.2 Å². The Labute approximate surface area is 167 Å². The third kappa shape index (κ3) is 3.84. The molecule has 150 valence electrons. The number of carbonyl (C=O) groups is 1. The van der Waals surface area contributed by atoms with Gasteiger partial charge in [-0.15, -0.1) is 0 Å². The highest BCUT2D eigenvalue weighted by molar-refractivity contribution is 7.92. The minimum atomic E-state index is -3.55. The second kappa shape index (κ2) is 8.45. The van der Waals surface area contributed by atoms with E-state index in [2.05, 4.69) is 4.90 Å². The Bertz CT molecular complexity index is 899. The Kier molecular flexibility index (Phi) is 6.20. The second-order valence-corrected chi connectivity index (χ2v) is 9.61. The minimum Gasteiger partial charge on any atom is -0.468 e. The molecular formula is C22H27NO4S. The van der Waals surface area contributed by atoms with Gasteiger partial charge in [0.2, 0.25) is 0 Å². The first-order valence-electron chi connectivity index (χ1n) is 9.55. The minimum absolute atomic E-state index is 0.0121. The molecular weight excluding hydrogens is 374 g/mol. The van der Waals surface area contributed by atoms with Gasteiger partial charge in [0.25, 0.3) is 0 Å². The molecule has 3 rings (SSSR count). The summed E-state index contributed by atoms with van der Waals surface area (Å²) < 4.78 is 31.4. The highest BCUT2D eigenvalue weighted by Crippen LogP contribution is 2.38. The van der Waals surface area contributed by atoms with Crippen LogP contribution in [0.3, 0.4) is 0 Å². The maximum Gasteiger partial charge on any atom is 0.323 e. The normalized spacial score (nSPS) is 22.5. The van der Waals surface area contributed by atoms with Gasteiger partial charge in [0, 0.05) is 12.0 Å². The zero-order valence-electron chi connectivity index (χ0n) is 16.5. The van der Waals surface area contributed by atoms with Gasteiger partial charge in [-0.1, -0.05) is 48.5 Å². The first kappa shape index (κ1) is 20.6. The number of likely N-dealkylation sites (tertiary alicyclic amines) is 1. The van der Waals surface area contributed by atoms with Crippen molar-refractivity contribution in [2.24, 2.45) is 5.92 Å². The Morgan fingerprint density at radius 2 is 1.61 bits per heavy atom. The number of nitrogens with zero attached hydrogens (tertiary/aromatic N) is 1. The van der Waals surface area contributed by atoms with Crippen LogP contribution >= 0.6 is 0 Å². The summed E-state index contributed by atoms with van der Waals surface area (Å²) in [7, 11) is -2.18. The van der Waals surface area contributed by atoms with Gasteiger partial charge in [-0.05, 0) is 44.5 Å². The first-order valence-corrected chi connectivity index (χ1v) is 11.1. The van der Waals surface area contributed by atoms with E-state index in [0.717, 1.165) is 5.56 Å². The molecule has 1 fully saturated rings. The number of rotatable bonds is 6. The lowest BCUT2D eigenvalue weighted by atomic mass is 9.96. The fraction of sp³-hybridized carbons (Fsp3) is 0.409. The molecule has 5 nitrogen and oxygen atoms in total. The summed E-state index contributed by atoms with van der Waals surface area (Å²) in [5.74, 6) is -0.704. The number of hydrogen-bond acceptors (Lipinski definition) is 5. The summed E-state index contributed by atoms with van der Waals surface area (Å²) in [5, 5.41) is -0.688. The second-order valence-electron chi connectivity index (χ2n) is 7.31. The molecule has 1 aliphatic heterocycles. The van der Waals surface area contributed by atoms with Crippen molar-refractivity contribution < 1.29 is 17.9 Å². The van der Waals surface area contributed by atoms with Crippen LogP contribution in [0.5, 0.6) is 0 Å². The van der Waals surface area contributed by atoms with Crippen LogP contribution in [0.2, 0.25) is 0 Å². The van der Waals surface area contributed by atoms with Crippen molar-refractivity contribution >= 4 is 15.8 Å². The molecule has 1 unspecified atom stereocenters. The molecule has 0 aromatic heterocycles. The van der Waals surface area contributed by atoms with Crippen LogP contribution in [0.15, 0.2) is 65.6 Å². The molecule has 4 atom stereocenters. The highest BCUT2D eigenvalue weighted by atomic mass is 32.2. The van der Waals surface area contributed by atoms with E-state index in [1.165, 1.54) is 7.11 Å². The van der Waals surface area contributed by atoms with E-state index in [9.17, 15) is 13.2 Å². The maximum absolute atomic E-state index is 13.2. The SMILES string of the molecule is COC(=O)[C@H]1[C@@H](C(C)S(=O)(=O)c2ccccc2)CCN1[C@H](C)c1ccccc1. The molecule has 0 bridgehead atoms. The molecule has 28 heavy (non-hydrogen) atoms. The Balaban J connectivity index is 1.92. The van der Waals surface area contributed by atoms with Gasteiger partial charge in [-0.3, -0.25) is 9.69 Å². The van der Waals surface area contributed by atoms with Gasteiger partial charge < -0.3 is 4.74 Å². The molecule has 0 aliphatic carbocycles. The number of sulfone groups is 1. The van der Waals surface area contributed by atoms with Crippen LogP contribution in [-0.4, -0.2) is 44.2 Å². The molecule has 0 radical (unpaired) electrons. The van der Waals surface area contributed by atoms with Gasteiger partial charge >= 0.3 is 5.97 Å². The molecule has 0 amide bonds. The average Bonchev–Trinajstić information content (AvgIpc) is 3.18. The summed E-state index contributed by atoms with van der Waals surface area (Å²) in [6.45, 7) is 4.40.